The Morgan fingerprint density at radius 2 is 2.10 bits per heavy atom. The minimum Gasteiger partial charge on any atom is -0.465 e. The Hall–Kier alpha value is -1.78. The van der Waals surface area contributed by atoms with E-state index in [0.29, 0.717) is 17.1 Å². The highest BCUT2D eigenvalue weighted by Crippen LogP contribution is 2.20. The lowest BCUT2D eigenvalue weighted by molar-refractivity contribution is 0.0939. The van der Waals surface area contributed by atoms with Gasteiger partial charge in [0.2, 0.25) is 0 Å². The van der Waals surface area contributed by atoms with Crippen LogP contribution < -0.4 is 5.32 Å². The number of amides is 1. The van der Waals surface area contributed by atoms with Gasteiger partial charge >= 0.3 is 0 Å². The summed E-state index contributed by atoms with van der Waals surface area (Å²) in [5.74, 6) is 1.55. The number of likely N-dealkylation sites (N-methyl/N-ethyl adjacent to an activating group) is 1. The first-order chi connectivity index (χ1) is 9.97. The summed E-state index contributed by atoms with van der Waals surface area (Å²) in [7, 11) is 3.90. The smallest absolute Gasteiger partial charge is 0.251 e. The molecule has 0 radical (unpaired) electrons. The molecule has 0 aliphatic heterocycles. The number of rotatable bonds is 5. The zero-order valence-corrected chi connectivity index (χ0v) is 13.1. The highest BCUT2D eigenvalue weighted by atomic mass is 35.5. The van der Waals surface area contributed by atoms with E-state index < -0.39 is 0 Å². The highest BCUT2D eigenvalue weighted by molar-refractivity contribution is 6.30. The molecule has 0 aliphatic carbocycles. The summed E-state index contributed by atoms with van der Waals surface area (Å²) in [5, 5.41) is 3.47. The second-order valence-corrected chi connectivity index (χ2v) is 5.58. The fourth-order valence-electron chi connectivity index (χ4n) is 2.09. The van der Waals surface area contributed by atoms with Crippen molar-refractivity contribution in [3.8, 4) is 0 Å². The van der Waals surface area contributed by atoms with Crippen LogP contribution in [0.25, 0.3) is 0 Å². The molecule has 1 aromatic carbocycles. The maximum absolute atomic E-state index is 12.1. The van der Waals surface area contributed by atoms with Crippen LogP contribution in [0.5, 0.6) is 0 Å². The SMILES string of the molecule is Cc1ccc([C@@H](CNC(=O)c2cccc(Cl)c2)N(C)C)o1. The Kier molecular flexibility index (Phi) is 5.04. The molecule has 2 aromatic rings. The molecular weight excluding hydrogens is 288 g/mol. The molecule has 0 spiro atoms. The first kappa shape index (κ1) is 15.6. The van der Waals surface area contributed by atoms with Gasteiger partial charge in [0.1, 0.15) is 11.5 Å². The molecule has 1 aromatic heterocycles. The largest absolute Gasteiger partial charge is 0.465 e. The van der Waals surface area contributed by atoms with E-state index in [1.807, 2.05) is 38.1 Å². The standard InChI is InChI=1S/C16H19ClN2O2/c1-11-7-8-15(21-11)14(19(2)3)10-18-16(20)12-5-4-6-13(17)9-12/h4-9,14H,10H2,1-3H3,(H,18,20)/t14-/m1/s1. The van der Waals surface area contributed by atoms with Gasteiger partial charge in [0.25, 0.3) is 5.91 Å². The number of aryl methyl sites for hydroxylation is 1. The Bertz CT molecular complexity index is 622. The lowest BCUT2D eigenvalue weighted by Crippen LogP contribution is -2.34. The van der Waals surface area contributed by atoms with Crippen molar-refractivity contribution in [1.82, 2.24) is 10.2 Å². The zero-order valence-electron chi connectivity index (χ0n) is 12.4. The van der Waals surface area contributed by atoms with Gasteiger partial charge in [-0.25, -0.2) is 0 Å². The maximum Gasteiger partial charge on any atom is 0.251 e. The summed E-state index contributed by atoms with van der Waals surface area (Å²) in [6, 6.07) is 10.7. The summed E-state index contributed by atoms with van der Waals surface area (Å²) in [6.45, 7) is 2.37. The number of nitrogens with zero attached hydrogens (tertiary/aromatic N) is 1. The monoisotopic (exact) mass is 306 g/mol. The molecule has 1 amide bonds. The van der Waals surface area contributed by atoms with Crippen LogP contribution in [0.3, 0.4) is 0 Å². The first-order valence-electron chi connectivity index (χ1n) is 6.74. The maximum atomic E-state index is 12.1. The van der Waals surface area contributed by atoms with Crippen molar-refractivity contribution in [2.24, 2.45) is 0 Å². The topological polar surface area (TPSA) is 45.5 Å². The highest BCUT2D eigenvalue weighted by Gasteiger charge is 2.19. The molecule has 1 N–H and O–H groups in total. The summed E-state index contributed by atoms with van der Waals surface area (Å²) >= 11 is 5.90. The van der Waals surface area contributed by atoms with Crippen molar-refractivity contribution in [1.29, 1.82) is 0 Å². The van der Waals surface area contributed by atoms with Crippen molar-refractivity contribution in [3.63, 3.8) is 0 Å². The van der Waals surface area contributed by atoms with Crippen LogP contribution >= 0.6 is 11.6 Å². The van der Waals surface area contributed by atoms with Crippen molar-refractivity contribution in [2.45, 2.75) is 13.0 Å². The lowest BCUT2D eigenvalue weighted by atomic mass is 10.2. The lowest BCUT2D eigenvalue weighted by Gasteiger charge is -2.22. The third-order valence-corrected chi connectivity index (χ3v) is 3.49. The molecule has 112 valence electrons. The number of hydrogen-bond acceptors (Lipinski definition) is 3. The Morgan fingerprint density at radius 3 is 2.67 bits per heavy atom. The van der Waals surface area contributed by atoms with E-state index in [9.17, 15) is 4.79 Å². The van der Waals surface area contributed by atoms with Crippen LogP contribution in [-0.2, 0) is 0 Å². The molecule has 0 aliphatic rings. The predicted octanol–water partition coefficient (Wildman–Crippen LogP) is 3.27. The van der Waals surface area contributed by atoms with E-state index in [4.69, 9.17) is 16.0 Å². The van der Waals surface area contributed by atoms with Crippen molar-refractivity contribution in [2.75, 3.05) is 20.6 Å². The van der Waals surface area contributed by atoms with Gasteiger partial charge in [-0.1, -0.05) is 17.7 Å². The second-order valence-electron chi connectivity index (χ2n) is 5.15. The minimum atomic E-state index is -0.146. The summed E-state index contributed by atoms with van der Waals surface area (Å²) < 4.78 is 5.65. The number of halogens is 1. The molecule has 1 atom stereocenters. The fraction of sp³-hybridized carbons (Fsp3) is 0.312. The Labute approximate surface area is 129 Å². The fourth-order valence-corrected chi connectivity index (χ4v) is 2.28. The number of hydrogen-bond donors (Lipinski definition) is 1. The van der Waals surface area contributed by atoms with Gasteiger partial charge < -0.3 is 9.73 Å². The third kappa shape index (κ3) is 4.09. The number of carbonyl (C=O) groups excluding carboxylic acids is 1. The Morgan fingerprint density at radius 1 is 1.33 bits per heavy atom. The normalized spacial score (nSPS) is 12.4. The molecule has 0 unspecified atom stereocenters. The second kappa shape index (κ2) is 6.78. The van der Waals surface area contributed by atoms with Crippen molar-refractivity contribution >= 4 is 17.5 Å². The van der Waals surface area contributed by atoms with Gasteiger partial charge in [-0.15, -0.1) is 0 Å². The van der Waals surface area contributed by atoms with E-state index in [1.54, 1.807) is 24.3 Å². The molecule has 2 rings (SSSR count). The summed E-state index contributed by atoms with van der Waals surface area (Å²) in [4.78, 5) is 14.2. The molecule has 21 heavy (non-hydrogen) atoms. The average Bonchev–Trinajstić information content (AvgIpc) is 2.85. The van der Waals surface area contributed by atoms with Gasteiger partial charge in [-0.3, -0.25) is 9.69 Å². The van der Waals surface area contributed by atoms with Crippen molar-refractivity contribution in [3.05, 3.63) is 58.5 Å². The quantitative estimate of drug-likeness (QED) is 0.922. The van der Waals surface area contributed by atoms with Gasteiger partial charge in [0.05, 0.1) is 6.04 Å². The van der Waals surface area contributed by atoms with Gasteiger partial charge in [-0.05, 0) is 51.4 Å². The van der Waals surface area contributed by atoms with Crippen molar-refractivity contribution < 1.29 is 9.21 Å². The van der Waals surface area contributed by atoms with Gasteiger partial charge in [0, 0.05) is 17.1 Å². The number of carbonyl (C=O) groups is 1. The van der Waals surface area contributed by atoms with E-state index >= 15 is 0 Å². The predicted molar refractivity (Wildman–Crippen MR) is 83.7 cm³/mol. The molecule has 5 heteroatoms. The Balaban J connectivity index is 2.04. The molecule has 4 nitrogen and oxygen atoms in total. The minimum absolute atomic E-state index is 0.0122. The third-order valence-electron chi connectivity index (χ3n) is 3.26. The molecule has 0 fully saturated rings. The average molecular weight is 307 g/mol. The molecule has 1 heterocycles. The van der Waals surface area contributed by atoms with Crippen LogP contribution in [0.4, 0.5) is 0 Å². The van der Waals surface area contributed by atoms with Crippen LogP contribution in [0.1, 0.15) is 27.9 Å². The van der Waals surface area contributed by atoms with E-state index in [1.165, 1.54) is 0 Å². The van der Waals surface area contributed by atoms with Gasteiger partial charge in [-0.2, -0.15) is 0 Å². The molecule has 0 saturated heterocycles. The van der Waals surface area contributed by atoms with E-state index in [-0.39, 0.29) is 11.9 Å². The van der Waals surface area contributed by atoms with E-state index in [2.05, 4.69) is 5.32 Å². The number of nitrogens with one attached hydrogen (secondary N) is 1. The van der Waals surface area contributed by atoms with Crippen LogP contribution in [-0.4, -0.2) is 31.4 Å². The summed E-state index contributed by atoms with van der Waals surface area (Å²) in [5.41, 5.74) is 0.552. The van der Waals surface area contributed by atoms with Crippen LogP contribution in [0.2, 0.25) is 5.02 Å². The zero-order chi connectivity index (χ0) is 15.4. The van der Waals surface area contributed by atoms with Crippen LogP contribution in [0.15, 0.2) is 40.8 Å². The van der Waals surface area contributed by atoms with Crippen LogP contribution in [0, 0.1) is 6.92 Å². The molecule has 0 saturated carbocycles. The molecule has 0 bridgehead atoms. The van der Waals surface area contributed by atoms with E-state index in [0.717, 1.165) is 11.5 Å². The summed E-state index contributed by atoms with van der Waals surface area (Å²) in [6.07, 6.45) is 0. The number of benzene rings is 1. The first-order valence-corrected chi connectivity index (χ1v) is 7.11. The van der Waals surface area contributed by atoms with Gasteiger partial charge in [0.15, 0.2) is 0 Å². The number of furan rings is 1. The molecular formula is C16H19ClN2O2.